The van der Waals surface area contributed by atoms with E-state index in [0.29, 0.717) is 8.95 Å². The molecule has 0 aliphatic rings. The summed E-state index contributed by atoms with van der Waals surface area (Å²) in [7, 11) is -4.16. The van der Waals surface area contributed by atoms with E-state index in [1.54, 1.807) is 6.07 Å². The average molecular weight is 352 g/mol. The molecule has 3 nitrogen and oxygen atoms in total. The summed E-state index contributed by atoms with van der Waals surface area (Å²) in [5, 5.41) is 0. The Morgan fingerprint density at radius 2 is 1.54 bits per heavy atom. The minimum Gasteiger partial charge on any atom is -0.282 e. The van der Waals surface area contributed by atoms with E-state index < -0.39 is 10.1 Å². The van der Waals surface area contributed by atoms with Crippen LogP contribution in [0.4, 0.5) is 0 Å². The minimum absolute atomic E-state index is 0. The van der Waals surface area contributed by atoms with Crippen molar-refractivity contribution in [2.75, 3.05) is 0 Å². The Hall–Kier alpha value is 0.380. The van der Waals surface area contributed by atoms with Crippen molar-refractivity contribution in [1.29, 1.82) is 0 Å². The average Bonchev–Trinajstić information content (AvgIpc) is 1.82. The van der Waals surface area contributed by atoms with Crippen molar-refractivity contribution in [3.63, 3.8) is 0 Å². The quantitative estimate of drug-likeness (QED) is 0.791. The van der Waals surface area contributed by atoms with Crippen LogP contribution in [0.5, 0.6) is 0 Å². The molecular weight excluding hydrogens is 347 g/mol. The van der Waals surface area contributed by atoms with Crippen LogP contribution in [-0.2, 0) is 10.1 Å². The monoisotopic (exact) mass is 350 g/mol. The van der Waals surface area contributed by atoms with Gasteiger partial charge in [-0.2, -0.15) is 8.42 Å². The molecule has 0 aliphatic heterocycles. The molecule has 0 amide bonds. The lowest BCUT2D eigenvalue weighted by Crippen LogP contribution is -1.99. The summed E-state index contributed by atoms with van der Waals surface area (Å²) in [6, 6.07) is 4.73. The summed E-state index contributed by atoms with van der Waals surface area (Å²) in [4.78, 5) is -0.148. The molecule has 0 heterocycles. The lowest BCUT2D eigenvalue weighted by atomic mass is 10.4. The van der Waals surface area contributed by atoms with Gasteiger partial charge in [0.05, 0.1) is 0 Å². The van der Waals surface area contributed by atoms with Gasteiger partial charge in [-0.3, -0.25) is 4.55 Å². The van der Waals surface area contributed by atoms with Gasteiger partial charge in [0.1, 0.15) is 4.90 Å². The molecule has 0 saturated carbocycles. The highest BCUT2D eigenvalue weighted by atomic mass is 79.9. The summed E-state index contributed by atoms with van der Waals surface area (Å²) in [6.07, 6.45) is 0. The second kappa shape index (κ2) is 4.75. The van der Waals surface area contributed by atoms with Crippen LogP contribution in [0, 0.1) is 0 Å². The smallest absolute Gasteiger partial charge is 0.282 e. The fourth-order valence-electron chi connectivity index (χ4n) is 0.729. The molecule has 0 saturated heterocycles. The van der Waals surface area contributed by atoms with Crippen LogP contribution in [0.1, 0.15) is 0 Å². The molecule has 0 atom stereocenters. The highest BCUT2D eigenvalue weighted by molar-refractivity contribution is 9.11. The van der Waals surface area contributed by atoms with E-state index in [2.05, 4.69) is 31.9 Å². The molecule has 0 unspecified atom stereocenters. The van der Waals surface area contributed by atoms with Crippen LogP contribution in [0.15, 0.2) is 32.0 Å². The minimum atomic E-state index is -4.16. The number of hydrogen-bond donors (Lipinski definition) is 1. The molecule has 1 aromatic carbocycles. The Kier molecular flexibility index (Phi) is 4.88. The molecule has 1 aromatic rings. The molecule has 0 bridgehead atoms. The normalized spacial score (nSPS) is 10.7. The van der Waals surface area contributed by atoms with Crippen molar-refractivity contribution >= 4 is 54.4 Å². The molecule has 13 heavy (non-hydrogen) atoms. The van der Waals surface area contributed by atoms with Crippen molar-refractivity contribution in [2.45, 2.75) is 4.90 Å². The molecule has 1 rings (SSSR count). The maximum absolute atomic E-state index is 10.8. The number of hydrogen-bond acceptors (Lipinski definition) is 2. The summed E-state index contributed by atoms with van der Waals surface area (Å²) >= 11 is 6.03. The number of benzene rings is 1. The summed E-state index contributed by atoms with van der Waals surface area (Å²) in [6.45, 7) is 0. The van der Waals surface area contributed by atoms with Crippen molar-refractivity contribution < 1.29 is 13.0 Å². The third-order valence-electron chi connectivity index (χ3n) is 1.18. The maximum atomic E-state index is 10.8. The molecule has 0 aliphatic carbocycles. The molecule has 0 radical (unpaired) electrons. The Bertz CT molecular complexity index is 384. The van der Waals surface area contributed by atoms with Crippen LogP contribution in [0.25, 0.3) is 0 Å². The van der Waals surface area contributed by atoms with Gasteiger partial charge in [0, 0.05) is 8.95 Å². The van der Waals surface area contributed by atoms with E-state index in [-0.39, 0.29) is 17.3 Å². The van der Waals surface area contributed by atoms with E-state index in [9.17, 15) is 8.42 Å². The van der Waals surface area contributed by atoms with Gasteiger partial charge in [-0.05, 0) is 44.0 Å². The van der Waals surface area contributed by atoms with E-state index >= 15 is 0 Å². The molecule has 74 valence electrons. The standard InChI is InChI=1S/C6H4Br2O3S.ClH/c7-4-2-1-3-5(8)6(4)12(9,10)11;/h1-3H,(H,9,10,11);1H. The van der Waals surface area contributed by atoms with Crippen LogP contribution >= 0.6 is 44.3 Å². The van der Waals surface area contributed by atoms with E-state index in [1.807, 2.05) is 0 Å². The van der Waals surface area contributed by atoms with Crippen molar-refractivity contribution in [1.82, 2.24) is 0 Å². The highest BCUT2D eigenvalue weighted by Crippen LogP contribution is 2.28. The van der Waals surface area contributed by atoms with Gasteiger partial charge in [-0.1, -0.05) is 6.07 Å². The fraction of sp³-hybridized carbons (Fsp3) is 0. The van der Waals surface area contributed by atoms with Gasteiger partial charge in [0.25, 0.3) is 10.1 Å². The Balaban J connectivity index is 0.00000144. The van der Waals surface area contributed by atoms with E-state index in [4.69, 9.17) is 4.55 Å². The zero-order valence-electron chi connectivity index (χ0n) is 6.07. The highest BCUT2D eigenvalue weighted by Gasteiger charge is 2.17. The van der Waals surface area contributed by atoms with Crippen molar-refractivity contribution in [3.8, 4) is 0 Å². The maximum Gasteiger partial charge on any atom is 0.296 e. The summed E-state index contributed by atoms with van der Waals surface area (Å²) in [5.41, 5.74) is 0. The number of halogens is 3. The first-order valence-electron chi connectivity index (χ1n) is 2.84. The first kappa shape index (κ1) is 13.4. The zero-order valence-corrected chi connectivity index (χ0v) is 10.9. The second-order valence-electron chi connectivity index (χ2n) is 2.03. The van der Waals surface area contributed by atoms with Crippen molar-refractivity contribution in [2.24, 2.45) is 0 Å². The van der Waals surface area contributed by atoms with E-state index in [0.717, 1.165) is 0 Å². The fourth-order valence-corrected chi connectivity index (χ4v) is 3.58. The molecular formula is C6H5Br2ClO3S. The summed E-state index contributed by atoms with van der Waals surface area (Å²) < 4.78 is 31.0. The van der Waals surface area contributed by atoms with Crippen molar-refractivity contribution in [3.05, 3.63) is 27.1 Å². The summed E-state index contributed by atoms with van der Waals surface area (Å²) in [5.74, 6) is 0. The van der Waals surface area contributed by atoms with Crippen LogP contribution in [0.2, 0.25) is 0 Å². The third kappa shape index (κ3) is 3.21. The van der Waals surface area contributed by atoms with Crippen LogP contribution < -0.4 is 0 Å². The largest absolute Gasteiger partial charge is 0.296 e. The Morgan fingerprint density at radius 3 is 1.77 bits per heavy atom. The molecule has 0 fully saturated rings. The predicted molar refractivity (Wildman–Crippen MR) is 58.9 cm³/mol. The lowest BCUT2D eigenvalue weighted by molar-refractivity contribution is 0.482. The van der Waals surface area contributed by atoms with Crippen LogP contribution in [-0.4, -0.2) is 13.0 Å². The molecule has 1 N–H and O–H groups in total. The molecule has 0 spiro atoms. The van der Waals surface area contributed by atoms with Gasteiger partial charge in [-0.25, -0.2) is 0 Å². The van der Waals surface area contributed by atoms with Gasteiger partial charge in [-0.15, -0.1) is 12.4 Å². The molecule has 0 aromatic heterocycles. The van der Waals surface area contributed by atoms with Gasteiger partial charge in [0.2, 0.25) is 0 Å². The number of rotatable bonds is 1. The van der Waals surface area contributed by atoms with Crippen LogP contribution in [0.3, 0.4) is 0 Å². The third-order valence-corrected chi connectivity index (χ3v) is 3.98. The topological polar surface area (TPSA) is 54.4 Å². The first-order valence-corrected chi connectivity index (χ1v) is 5.87. The first-order chi connectivity index (χ1) is 5.43. The molecule has 7 heteroatoms. The van der Waals surface area contributed by atoms with E-state index in [1.165, 1.54) is 12.1 Å². The zero-order chi connectivity index (χ0) is 9.35. The SMILES string of the molecule is Cl.O=S(=O)(O)c1c(Br)cccc1Br. The Morgan fingerprint density at radius 1 is 1.15 bits per heavy atom. The second-order valence-corrected chi connectivity index (χ2v) is 5.09. The van der Waals surface area contributed by atoms with Gasteiger partial charge < -0.3 is 0 Å². The van der Waals surface area contributed by atoms with Gasteiger partial charge in [0.15, 0.2) is 0 Å². The predicted octanol–water partition coefficient (Wildman–Crippen LogP) is 2.88. The lowest BCUT2D eigenvalue weighted by Gasteiger charge is -2.01. The van der Waals surface area contributed by atoms with Gasteiger partial charge >= 0.3 is 0 Å². The Labute approximate surface area is 98.9 Å².